The second kappa shape index (κ2) is 10.1. The SMILES string of the molecule is O=C(NCC(O)CNc1ccc(N2CCCCC2CO)cc1)c1ccc(Cl)s1. The van der Waals surface area contributed by atoms with Crippen molar-refractivity contribution in [2.75, 3.05) is 36.5 Å². The number of benzene rings is 1. The normalized spacial score (nSPS) is 18.0. The molecule has 2 aromatic rings. The van der Waals surface area contributed by atoms with E-state index in [1.54, 1.807) is 12.1 Å². The number of carbonyl (C=O) groups is 1. The van der Waals surface area contributed by atoms with Gasteiger partial charge in [0.25, 0.3) is 5.91 Å². The van der Waals surface area contributed by atoms with Crippen LogP contribution < -0.4 is 15.5 Å². The molecule has 0 radical (unpaired) electrons. The summed E-state index contributed by atoms with van der Waals surface area (Å²) in [5.74, 6) is -0.236. The molecule has 4 N–H and O–H groups in total. The van der Waals surface area contributed by atoms with Crippen LogP contribution in [0.3, 0.4) is 0 Å². The third-order valence-corrected chi connectivity index (χ3v) is 6.10. The lowest BCUT2D eigenvalue weighted by Crippen LogP contribution is -2.41. The molecule has 2 atom stereocenters. The van der Waals surface area contributed by atoms with Crippen molar-refractivity contribution in [3.63, 3.8) is 0 Å². The molecule has 8 heteroatoms. The highest BCUT2D eigenvalue weighted by molar-refractivity contribution is 7.17. The highest BCUT2D eigenvalue weighted by atomic mass is 35.5. The molecule has 6 nitrogen and oxygen atoms in total. The topological polar surface area (TPSA) is 84.8 Å². The first-order chi connectivity index (χ1) is 13.6. The average molecular weight is 424 g/mol. The summed E-state index contributed by atoms with van der Waals surface area (Å²) in [6.45, 7) is 1.63. The summed E-state index contributed by atoms with van der Waals surface area (Å²) >= 11 is 7.03. The zero-order chi connectivity index (χ0) is 19.9. The molecule has 28 heavy (non-hydrogen) atoms. The van der Waals surface area contributed by atoms with Gasteiger partial charge in [0.2, 0.25) is 0 Å². The monoisotopic (exact) mass is 423 g/mol. The van der Waals surface area contributed by atoms with Gasteiger partial charge in [0.05, 0.1) is 28.0 Å². The maximum absolute atomic E-state index is 12.0. The number of aliphatic hydroxyl groups is 2. The van der Waals surface area contributed by atoms with Crippen molar-refractivity contribution < 1.29 is 15.0 Å². The van der Waals surface area contributed by atoms with Gasteiger partial charge < -0.3 is 25.7 Å². The van der Waals surface area contributed by atoms with Gasteiger partial charge in [-0.15, -0.1) is 11.3 Å². The Morgan fingerprint density at radius 2 is 2.00 bits per heavy atom. The summed E-state index contributed by atoms with van der Waals surface area (Å²) in [4.78, 5) is 14.7. The molecular formula is C20H26ClN3O3S. The number of amides is 1. The first-order valence-corrected chi connectivity index (χ1v) is 10.7. The van der Waals surface area contributed by atoms with Gasteiger partial charge in [0.1, 0.15) is 0 Å². The number of anilines is 2. The maximum atomic E-state index is 12.0. The average Bonchev–Trinajstić information content (AvgIpc) is 3.17. The van der Waals surface area contributed by atoms with Crippen LogP contribution in [-0.4, -0.2) is 54.5 Å². The van der Waals surface area contributed by atoms with Gasteiger partial charge in [-0.1, -0.05) is 11.6 Å². The Hall–Kier alpha value is -1.80. The minimum atomic E-state index is -0.708. The molecule has 1 aromatic heterocycles. The molecule has 1 aliphatic heterocycles. The summed E-state index contributed by atoms with van der Waals surface area (Å²) in [5, 5.41) is 25.6. The smallest absolute Gasteiger partial charge is 0.261 e. The van der Waals surface area contributed by atoms with E-state index < -0.39 is 6.10 Å². The van der Waals surface area contributed by atoms with Crippen LogP contribution >= 0.6 is 22.9 Å². The lowest BCUT2D eigenvalue weighted by molar-refractivity contribution is 0.0926. The number of carbonyl (C=O) groups excluding carboxylic acids is 1. The van der Waals surface area contributed by atoms with E-state index >= 15 is 0 Å². The fourth-order valence-corrected chi connectivity index (χ4v) is 4.30. The van der Waals surface area contributed by atoms with Crippen LogP contribution in [0.5, 0.6) is 0 Å². The molecule has 3 rings (SSSR count). The van der Waals surface area contributed by atoms with Gasteiger partial charge in [-0.2, -0.15) is 0 Å². The predicted octanol–water partition coefficient (Wildman–Crippen LogP) is 2.96. The second-order valence-corrected chi connectivity index (χ2v) is 8.64. The molecule has 1 amide bonds. The lowest BCUT2D eigenvalue weighted by atomic mass is 10.0. The lowest BCUT2D eigenvalue weighted by Gasteiger charge is -2.36. The van der Waals surface area contributed by atoms with E-state index in [1.165, 1.54) is 11.3 Å². The summed E-state index contributed by atoms with van der Waals surface area (Å²) in [6, 6.07) is 11.5. The Bertz CT molecular complexity index is 768. The number of nitrogens with one attached hydrogen (secondary N) is 2. The third kappa shape index (κ3) is 5.61. The summed E-state index contributed by atoms with van der Waals surface area (Å²) in [5.41, 5.74) is 2.00. The molecular weight excluding hydrogens is 398 g/mol. The van der Waals surface area contributed by atoms with E-state index in [1.807, 2.05) is 24.3 Å². The van der Waals surface area contributed by atoms with E-state index in [0.717, 1.165) is 37.2 Å². The number of thiophene rings is 1. The maximum Gasteiger partial charge on any atom is 0.261 e. The van der Waals surface area contributed by atoms with Crippen molar-refractivity contribution in [3.05, 3.63) is 45.6 Å². The number of hydrogen-bond acceptors (Lipinski definition) is 6. The van der Waals surface area contributed by atoms with Crippen molar-refractivity contribution >= 4 is 40.2 Å². The molecule has 0 bridgehead atoms. The quantitative estimate of drug-likeness (QED) is 0.524. The number of piperidine rings is 1. The molecule has 1 aliphatic rings. The van der Waals surface area contributed by atoms with Gasteiger partial charge in [-0.05, 0) is 55.7 Å². The van der Waals surface area contributed by atoms with Gasteiger partial charge in [0, 0.05) is 31.0 Å². The van der Waals surface area contributed by atoms with E-state index in [9.17, 15) is 15.0 Å². The van der Waals surface area contributed by atoms with Crippen molar-refractivity contribution in [2.45, 2.75) is 31.4 Å². The second-order valence-electron chi connectivity index (χ2n) is 6.92. The number of halogens is 1. The van der Waals surface area contributed by atoms with Crippen LogP contribution in [0.1, 0.15) is 28.9 Å². The highest BCUT2D eigenvalue weighted by Gasteiger charge is 2.21. The van der Waals surface area contributed by atoms with Crippen molar-refractivity contribution in [2.24, 2.45) is 0 Å². The Morgan fingerprint density at radius 1 is 1.21 bits per heavy atom. The molecule has 0 spiro atoms. The van der Waals surface area contributed by atoms with Crippen LogP contribution in [0.15, 0.2) is 36.4 Å². The molecule has 1 fully saturated rings. The number of aliphatic hydroxyl groups excluding tert-OH is 2. The van der Waals surface area contributed by atoms with Gasteiger partial charge >= 0.3 is 0 Å². The van der Waals surface area contributed by atoms with Gasteiger partial charge in [-0.25, -0.2) is 0 Å². The first-order valence-electron chi connectivity index (χ1n) is 9.50. The summed E-state index contributed by atoms with van der Waals surface area (Å²) in [7, 11) is 0. The van der Waals surface area contributed by atoms with Crippen LogP contribution in [0.4, 0.5) is 11.4 Å². The minimum absolute atomic E-state index is 0.158. The molecule has 152 valence electrons. The summed E-state index contributed by atoms with van der Waals surface area (Å²) in [6.07, 6.45) is 2.62. The largest absolute Gasteiger partial charge is 0.394 e. The molecule has 2 unspecified atom stereocenters. The summed E-state index contributed by atoms with van der Waals surface area (Å²) < 4.78 is 0.561. The van der Waals surface area contributed by atoms with E-state index in [2.05, 4.69) is 15.5 Å². The van der Waals surface area contributed by atoms with E-state index in [-0.39, 0.29) is 25.1 Å². The predicted molar refractivity (Wildman–Crippen MR) is 115 cm³/mol. The van der Waals surface area contributed by atoms with Crippen LogP contribution in [0.2, 0.25) is 4.34 Å². The van der Waals surface area contributed by atoms with Gasteiger partial charge in [0.15, 0.2) is 0 Å². The zero-order valence-corrected chi connectivity index (χ0v) is 17.2. The standard InChI is InChI=1S/C20H26ClN3O3S/c21-19-9-8-18(28-19)20(27)23-12-17(26)11-22-14-4-6-15(7-5-14)24-10-2-1-3-16(24)13-25/h4-9,16-17,22,25-26H,1-3,10-13H2,(H,23,27). The Morgan fingerprint density at radius 3 is 2.68 bits per heavy atom. The Balaban J connectivity index is 1.44. The van der Waals surface area contributed by atoms with Crippen LogP contribution in [-0.2, 0) is 0 Å². The number of hydrogen-bond donors (Lipinski definition) is 4. The third-order valence-electron chi connectivity index (χ3n) is 4.87. The molecule has 1 aromatic carbocycles. The zero-order valence-electron chi connectivity index (χ0n) is 15.6. The molecule has 0 aliphatic carbocycles. The molecule has 2 heterocycles. The van der Waals surface area contributed by atoms with Gasteiger partial charge in [-0.3, -0.25) is 4.79 Å². The highest BCUT2D eigenvalue weighted by Crippen LogP contribution is 2.26. The van der Waals surface area contributed by atoms with Crippen LogP contribution in [0, 0.1) is 0 Å². The molecule has 0 saturated carbocycles. The number of nitrogens with zero attached hydrogens (tertiary/aromatic N) is 1. The minimum Gasteiger partial charge on any atom is -0.394 e. The fourth-order valence-electron chi connectivity index (χ4n) is 3.34. The van der Waals surface area contributed by atoms with Crippen molar-refractivity contribution in [1.29, 1.82) is 0 Å². The Kier molecular flexibility index (Phi) is 7.56. The molecule has 1 saturated heterocycles. The number of rotatable bonds is 8. The van der Waals surface area contributed by atoms with E-state index in [0.29, 0.717) is 15.8 Å². The van der Waals surface area contributed by atoms with Crippen molar-refractivity contribution in [3.8, 4) is 0 Å². The van der Waals surface area contributed by atoms with Crippen LogP contribution in [0.25, 0.3) is 0 Å². The Labute approximate surface area is 174 Å². The fraction of sp³-hybridized carbons (Fsp3) is 0.450. The van der Waals surface area contributed by atoms with E-state index in [4.69, 9.17) is 11.6 Å². The first kappa shape index (κ1) is 20.9. The van der Waals surface area contributed by atoms with Crippen molar-refractivity contribution in [1.82, 2.24) is 5.32 Å².